The summed E-state index contributed by atoms with van der Waals surface area (Å²) >= 11 is 6.04. The van der Waals surface area contributed by atoms with Crippen molar-refractivity contribution in [1.82, 2.24) is 9.78 Å². The van der Waals surface area contributed by atoms with Gasteiger partial charge in [0.1, 0.15) is 5.60 Å². The molecule has 3 rings (SSSR count). The number of halogens is 1. The van der Waals surface area contributed by atoms with Gasteiger partial charge in [-0.25, -0.2) is 4.68 Å². The Morgan fingerprint density at radius 2 is 1.81 bits per heavy atom. The van der Waals surface area contributed by atoms with Crippen LogP contribution in [0.15, 0.2) is 66.9 Å². The quantitative estimate of drug-likeness (QED) is 0.799. The van der Waals surface area contributed by atoms with Gasteiger partial charge < -0.3 is 5.11 Å². The molecule has 0 aliphatic rings. The molecule has 1 atom stereocenters. The first kappa shape index (κ1) is 13.9. The number of para-hydroxylation sites is 1. The molecule has 21 heavy (non-hydrogen) atoms. The standard InChI is InChI=1S/C17H15ClN2O/c1-17(21,13-6-5-7-14(18)12-13)16-10-11-19-20(16)15-8-3-2-4-9-15/h2-12,21H,1H3. The molecule has 2 aromatic carbocycles. The average Bonchev–Trinajstić information content (AvgIpc) is 2.98. The molecule has 0 bridgehead atoms. The number of aromatic nitrogens is 2. The lowest BCUT2D eigenvalue weighted by Crippen LogP contribution is -2.26. The lowest BCUT2D eigenvalue weighted by Gasteiger charge is -2.25. The molecule has 3 nitrogen and oxygen atoms in total. The Bertz CT molecular complexity index is 750. The van der Waals surface area contributed by atoms with Crippen LogP contribution < -0.4 is 0 Å². The Morgan fingerprint density at radius 3 is 2.52 bits per heavy atom. The second kappa shape index (κ2) is 5.35. The third kappa shape index (κ3) is 2.58. The molecule has 0 saturated heterocycles. The van der Waals surface area contributed by atoms with Crippen LogP contribution >= 0.6 is 11.6 Å². The van der Waals surface area contributed by atoms with Gasteiger partial charge >= 0.3 is 0 Å². The largest absolute Gasteiger partial charge is 0.379 e. The molecule has 1 N–H and O–H groups in total. The van der Waals surface area contributed by atoms with Crippen molar-refractivity contribution in [1.29, 1.82) is 0 Å². The Hall–Kier alpha value is -2.10. The van der Waals surface area contributed by atoms with E-state index in [1.807, 2.05) is 48.5 Å². The molecular formula is C17H15ClN2O. The number of rotatable bonds is 3. The molecule has 1 heterocycles. The molecule has 0 amide bonds. The molecule has 0 fully saturated rings. The van der Waals surface area contributed by atoms with E-state index in [1.54, 1.807) is 29.9 Å². The van der Waals surface area contributed by atoms with Crippen LogP contribution in [0.1, 0.15) is 18.2 Å². The molecule has 0 saturated carbocycles. The summed E-state index contributed by atoms with van der Waals surface area (Å²) < 4.78 is 1.74. The first-order valence-corrected chi connectivity index (χ1v) is 7.05. The highest BCUT2D eigenvalue weighted by Crippen LogP contribution is 2.31. The SMILES string of the molecule is CC(O)(c1cccc(Cl)c1)c1ccnn1-c1ccccc1. The number of benzene rings is 2. The molecule has 0 aliphatic heterocycles. The molecular weight excluding hydrogens is 284 g/mol. The number of hydrogen-bond acceptors (Lipinski definition) is 2. The number of aliphatic hydroxyl groups is 1. The maximum absolute atomic E-state index is 11.0. The van der Waals surface area contributed by atoms with Crippen LogP contribution in [0.2, 0.25) is 5.02 Å². The van der Waals surface area contributed by atoms with Crippen LogP contribution in [0.3, 0.4) is 0 Å². The van der Waals surface area contributed by atoms with E-state index in [0.29, 0.717) is 10.7 Å². The highest BCUT2D eigenvalue weighted by molar-refractivity contribution is 6.30. The summed E-state index contributed by atoms with van der Waals surface area (Å²) in [5, 5.41) is 15.9. The van der Waals surface area contributed by atoms with Crippen molar-refractivity contribution < 1.29 is 5.11 Å². The topological polar surface area (TPSA) is 38.1 Å². The third-order valence-electron chi connectivity index (χ3n) is 3.53. The molecule has 3 aromatic rings. The van der Waals surface area contributed by atoms with Crippen molar-refractivity contribution in [3.8, 4) is 5.69 Å². The molecule has 4 heteroatoms. The summed E-state index contributed by atoms with van der Waals surface area (Å²) in [5.41, 5.74) is 1.14. The van der Waals surface area contributed by atoms with E-state index in [9.17, 15) is 5.11 Å². The number of nitrogens with zero attached hydrogens (tertiary/aromatic N) is 2. The summed E-state index contributed by atoms with van der Waals surface area (Å²) in [6.45, 7) is 1.75. The van der Waals surface area contributed by atoms with E-state index in [1.165, 1.54) is 0 Å². The van der Waals surface area contributed by atoms with E-state index >= 15 is 0 Å². The summed E-state index contributed by atoms with van der Waals surface area (Å²) in [5.74, 6) is 0. The summed E-state index contributed by atoms with van der Waals surface area (Å²) in [6.07, 6.45) is 1.68. The van der Waals surface area contributed by atoms with Crippen molar-refractivity contribution in [3.05, 3.63) is 83.1 Å². The monoisotopic (exact) mass is 298 g/mol. The fourth-order valence-corrected chi connectivity index (χ4v) is 2.58. The Kier molecular flexibility index (Phi) is 3.53. The van der Waals surface area contributed by atoms with Crippen LogP contribution in [0, 0.1) is 0 Å². The van der Waals surface area contributed by atoms with Crippen molar-refractivity contribution in [3.63, 3.8) is 0 Å². The predicted molar refractivity (Wildman–Crippen MR) is 83.7 cm³/mol. The van der Waals surface area contributed by atoms with Crippen LogP contribution in [0.5, 0.6) is 0 Å². The first-order valence-electron chi connectivity index (χ1n) is 6.67. The average molecular weight is 299 g/mol. The van der Waals surface area contributed by atoms with E-state index in [-0.39, 0.29) is 0 Å². The van der Waals surface area contributed by atoms with E-state index < -0.39 is 5.60 Å². The van der Waals surface area contributed by atoms with Gasteiger partial charge in [-0.05, 0) is 42.8 Å². The Balaban J connectivity index is 2.11. The van der Waals surface area contributed by atoms with Gasteiger partial charge in [-0.15, -0.1) is 0 Å². The summed E-state index contributed by atoms with van der Waals surface area (Å²) in [6, 6.07) is 18.8. The van der Waals surface area contributed by atoms with Gasteiger partial charge in [-0.3, -0.25) is 0 Å². The highest BCUT2D eigenvalue weighted by Gasteiger charge is 2.30. The second-order valence-corrected chi connectivity index (χ2v) is 5.48. The Labute approximate surface area is 128 Å². The van der Waals surface area contributed by atoms with Crippen molar-refractivity contribution in [2.45, 2.75) is 12.5 Å². The van der Waals surface area contributed by atoms with Gasteiger partial charge in [0.25, 0.3) is 0 Å². The predicted octanol–water partition coefficient (Wildman–Crippen LogP) is 3.78. The van der Waals surface area contributed by atoms with Crippen LogP contribution in [0.25, 0.3) is 5.69 Å². The van der Waals surface area contributed by atoms with E-state index in [2.05, 4.69) is 5.10 Å². The minimum absolute atomic E-state index is 0.596. The maximum atomic E-state index is 11.0. The van der Waals surface area contributed by atoms with Gasteiger partial charge in [0.2, 0.25) is 0 Å². The molecule has 0 aliphatic carbocycles. The molecule has 0 radical (unpaired) electrons. The van der Waals surface area contributed by atoms with Gasteiger partial charge in [-0.1, -0.05) is 41.9 Å². The Morgan fingerprint density at radius 1 is 1.05 bits per heavy atom. The zero-order chi connectivity index (χ0) is 14.9. The zero-order valence-corrected chi connectivity index (χ0v) is 12.3. The summed E-state index contributed by atoms with van der Waals surface area (Å²) in [4.78, 5) is 0. The van der Waals surface area contributed by atoms with Crippen LogP contribution in [-0.2, 0) is 5.60 Å². The summed E-state index contributed by atoms with van der Waals surface area (Å²) in [7, 11) is 0. The molecule has 1 aromatic heterocycles. The zero-order valence-electron chi connectivity index (χ0n) is 11.6. The van der Waals surface area contributed by atoms with Gasteiger partial charge in [0.05, 0.1) is 11.4 Å². The first-order chi connectivity index (χ1) is 10.1. The van der Waals surface area contributed by atoms with Crippen LogP contribution in [0.4, 0.5) is 0 Å². The number of hydrogen-bond donors (Lipinski definition) is 1. The lowest BCUT2D eigenvalue weighted by atomic mass is 9.92. The molecule has 0 spiro atoms. The van der Waals surface area contributed by atoms with E-state index in [0.717, 1.165) is 11.3 Å². The third-order valence-corrected chi connectivity index (χ3v) is 3.76. The molecule has 1 unspecified atom stereocenters. The smallest absolute Gasteiger partial charge is 0.129 e. The maximum Gasteiger partial charge on any atom is 0.129 e. The fourth-order valence-electron chi connectivity index (χ4n) is 2.39. The lowest BCUT2D eigenvalue weighted by molar-refractivity contribution is 0.0946. The highest BCUT2D eigenvalue weighted by atomic mass is 35.5. The van der Waals surface area contributed by atoms with Gasteiger partial charge in [0.15, 0.2) is 0 Å². The van der Waals surface area contributed by atoms with Crippen molar-refractivity contribution >= 4 is 11.6 Å². The van der Waals surface area contributed by atoms with Crippen LogP contribution in [-0.4, -0.2) is 14.9 Å². The normalized spacial score (nSPS) is 13.9. The van der Waals surface area contributed by atoms with Crippen molar-refractivity contribution in [2.24, 2.45) is 0 Å². The molecule has 106 valence electrons. The minimum Gasteiger partial charge on any atom is -0.379 e. The fraction of sp³-hybridized carbons (Fsp3) is 0.118. The second-order valence-electron chi connectivity index (χ2n) is 5.05. The van der Waals surface area contributed by atoms with Gasteiger partial charge in [-0.2, -0.15) is 5.10 Å². The minimum atomic E-state index is -1.18. The van der Waals surface area contributed by atoms with E-state index in [4.69, 9.17) is 11.6 Å². The van der Waals surface area contributed by atoms with Crippen molar-refractivity contribution in [2.75, 3.05) is 0 Å². The van der Waals surface area contributed by atoms with Gasteiger partial charge in [0, 0.05) is 11.2 Å².